The normalized spacial score (nSPS) is 11.1. The van der Waals surface area contributed by atoms with Crippen molar-refractivity contribution in [1.29, 1.82) is 0 Å². The Hall–Kier alpha value is -2.05. The third kappa shape index (κ3) is 3.47. The van der Waals surface area contributed by atoms with Gasteiger partial charge in [-0.3, -0.25) is 0 Å². The molecule has 0 bridgehead atoms. The van der Waals surface area contributed by atoms with E-state index < -0.39 is 17.7 Å². The van der Waals surface area contributed by atoms with E-state index in [1.54, 1.807) is 27.7 Å². The van der Waals surface area contributed by atoms with Crippen molar-refractivity contribution in [2.75, 3.05) is 12.3 Å². The monoisotopic (exact) mass is 255 g/mol. The van der Waals surface area contributed by atoms with Gasteiger partial charge in [0.2, 0.25) is 0 Å². The van der Waals surface area contributed by atoms with Gasteiger partial charge in [-0.1, -0.05) is 0 Å². The maximum Gasteiger partial charge on any atom is 0.435 e. The van der Waals surface area contributed by atoms with Gasteiger partial charge >= 0.3 is 12.1 Å². The molecule has 0 aliphatic heterocycles. The van der Waals surface area contributed by atoms with Crippen molar-refractivity contribution in [3.05, 3.63) is 11.8 Å². The van der Waals surface area contributed by atoms with Crippen molar-refractivity contribution in [1.82, 2.24) is 9.78 Å². The standard InChI is InChI=1S/C11H17N3O4/c1-5-17-9(15)7-6-14(13-8(7)12)10(16)18-11(2,3)4/h6H,5H2,1-4H3,(H2,12,13). The second kappa shape index (κ2) is 5.07. The summed E-state index contributed by atoms with van der Waals surface area (Å²) in [6.45, 7) is 7.07. The zero-order valence-corrected chi connectivity index (χ0v) is 10.9. The van der Waals surface area contributed by atoms with E-state index in [0.29, 0.717) is 0 Å². The molecule has 2 N–H and O–H groups in total. The first kappa shape index (κ1) is 14.0. The first-order chi connectivity index (χ1) is 8.24. The van der Waals surface area contributed by atoms with Gasteiger partial charge < -0.3 is 15.2 Å². The van der Waals surface area contributed by atoms with E-state index in [1.165, 1.54) is 6.20 Å². The van der Waals surface area contributed by atoms with Crippen molar-refractivity contribution < 1.29 is 19.1 Å². The summed E-state index contributed by atoms with van der Waals surface area (Å²) in [5, 5.41) is 3.72. The summed E-state index contributed by atoms with van der Waals surface area (Å²) < 4.78 is 10.7. The van der Waals surface area contributed by atoms with E-state index in [0.717, 1.165) is 4.68 Å². The number of nitrogen functional groups attached to an aromatic ring is 1. The molecule has 0 amide bonds. The van der Waals surface area contributed by atoms with Gasteiger partial charge in [0.05, 0.1) is 12.8 Å². The second-order valence-electron chi connectivity index (χ2n) is 4.57. The number of rotatable bonds is 2. The minimum absolute atomic E-state index is 0.0442. The third-order valence-corrected chi connectivity index (χ3v) is 1.82. The minimum Gasteiger partial charge on any atom is -0.462 e. The predicted octanol–water partition coefficient (Wildman–Crippen LogP) is 1.43. The van der Waals surface area contributed by atoms with Gasteiger partial charge in [0, 0.05) is 0 Å². The van der Waals surface area contributed by atoms with Gasteiger partial charge in [-0.05, 0) is 27.7 Å². The fraction of sp³-hybridized carbons (Fsp3) is 0.545. The lowest BCUT2D eigenvalue weighted by atomic mass is 10.2. The summed E-state index contributed by atoms with van der Waals surface area (Å²) in [5.41, 5.74) is 4.93. The SMILES string of the molecule is CCOC(=O)c1cn(C(=O)OC(C)(C)C)nc1N. The highest BCUT2D eigenvalue weighted by molar-refractivity contribution is 5.94. The highest BCUT2D eigenvalue weighted by Crippen LogP contribution is 2.13. The van der Waals surface area contributed by atoms with Crippen LogP contribution in [0.15, 0.2) is 6.20 Å². The van der Waals surface area contributed by atoms with Crippen molar-refractivity contribution in [2.45, 2.75) is 33.3 Å². The number of esters is 1. The molecular weight excluding hydrogens is 238 g/mol. The molecule has 0 spiro atoms. The van der Waals surface area contributed by atoms with E-state index >= 15 is 0 Å². The summed E-state index contributed by atoms with van der Waals surface area (Å²) in [7, 11) is 0. The van der Waals surface area contributed by atoms with Crippen LogP contribution in [-0.4, -0.2) is 34.1 Å². The highest BCUT2D eigenvalue weighted by atomic mass is 16.6. The van der Waals surface area contributed by atoms with Crippen LogP contribution >= 0.6 is 0 Å². The maximum absolute atomic E-state index is 11.7. The molecule has 18 heavy (non-hydrogen) atoms. The summed E-state index contributed by atoms with van der Waals surface area (Å²) in [4.78, 5) is 23.2. The largest absolute Gasteiger partial charge is 0.462 e. The first-order valence-electron chi connectivity index (χ1n) is 5.50. The van der Waals surface area contributed by atoms with Gasteiger partial charge in [-0.2, -0.15) is 4.68 Å². The molecular formula is C11H17N3O4. The Labute approximate surface area is 105 Å². The molecule has 0 radical (unpaired) electrons. The number of aromatic nitrogens is 2. The summed E-state index contributed by atoms with van der Waals surface area (Å²) >= 11 is 0. The van der Waals surface area contributed by atoms with Crippen LogP contribution in [-0.2, 0) is 9.47 Å². The molecule has 0 saturated heterocycles. The Morgan fingerprint density at radius 1 is 1.44 bits per heavy atom. The van der Waals surface area contributed by atoms with E-state index in [4.69, 9.17) is 15.2 Å². The van der Waals surface area contributed by atoms with E-state index in [2.05, 4.69) is 5.10 Å². The van der Waals surface area contributed by atoms with E-state index in [-0.39, 0.29) is 18.0 Å². The molecule has 0 aromatic carbocycles. The lowest BCUT2D eigenvalue weighted by Gasteiger charge is -2.18. The van der Waals surface area contributed by atoms with Crippen molar-refractivity contribution in [3.8, 4) is 0 Å². The van der Waals surface area contributed by atoms with Crippen LogP contribution in [0, 0.1) is 0 Å². The fourth-order valence-corrected chi connectivity index (χ4v) is 1.16. The quantitative estimate of drug-likeness (QED) is 0.803. The minimum atomic E-state index is -0.704. The van der Waals surface area contributed by atoms with Gasteiger partial charge in [0.15, 0.2) is 5.82 Å². The van der Waals surface area contributed by atoms with Crippen LogP contribution < -0.4 is 5.73 Å². The summed E-state index contributed by atoms with van der Waals surface area (Å²) in [5.74, 6) is -0.691. The predicted molar refractivity (Wildman–Crippen MR) is 64.2 cm³/mol. The highest BCUT2D eigenvalue weighted by Gasteiger charge is 2.22. The van der Waals surface area contributed by atoms with Gasteiger partial charge in [-0.25, -0.2) is 9.59 Å². The smallest absolute Gasteiger partial charge is 0.435 e. The molecule has 7 heteroatoms. The molecule has 0 atom stereocenters. The average molecular weight is 255 g/mol. The summed E-state index contributed by atoms with van der Waals surface area (Å²) in [6.07, 6.45) is 0.492. The molecule has 1 aromatic rings. The molecule has 1 rings (SSSR count). The number of ether oxygens (including phenoxy) is 2. The Balaban J connectivity index is 2.90. The van der Waals surface area contributed by atoms with Crippen LogP contribution in [0.25, 0.3) is 0 Å². The van der Waals surface area contributed by atoms with Crippen LogP contribution in [0.4, 0.5) is 10.6 Å². The molecule has 0 fully saturated rings. The van der Waals surface area contributed by atoms with Crippen LogP contribution in [0.2, 0.25) is 0 Å². The molecule has 0 unspecified atom stereocenters. The molecule has 100 valence electrons. The van der Waals surface area contributed by atoms with Gasteiger partial charge in [0.25, 0.3) is 0 Å². The summed E-state index contributed by atoms with van der Waals surface area (Å²) in [6, 6.07) is 0. The number of nitrogens with two attached hydrogens (primary N) is 1. The number of carbonyl (C=O) groups is 2. The number of hydrogen-bond donors (Lipinski definition) is 1. The van der Waals surface area contributed by atoms with Crippen molar-refractivity contribution in [3.63, 3.8) is 0 Å². The molecule has 7 nitrogen and oxygen atoms in total. The molecule has 0 saturated carbocycles. The number of anilines is 1. The zero-order valence-electron chi connectivity index (χ0n) is 10.9. The van der Waals surface area contributed by atoms with E-state index in [9.17, 15) is 9.59 Å². The topological polar surface area (TPSA) is 96.4 Å². The second-order valence-corrected chi connectivity index (χ2v) is 4.57. The van der Waals surface area contributed by atoms with Gasteiger partial charge in [0.1, 0.15) is 11.2 Å². The number of hydrogen-bond acceptors (Lipinski definition) is 6. The average Bonchev–Trinajstić information content (AvgIpc) is 2.58. The van der Waals surface area contributed by atoms with Crippen molar-refractivity contribution >= 4 is 17.9 Å². The van der Waals surface area contributed by atoms with Crippen LogP contribution in [0.3, 0.4) is 0 Å². The Kier molecular flexibility index (Phi) is 3.95. The maximum atomic E-state index is 11.7. The Morgan fingerprint density at radius 3 is 2.56 bits per heavy atom. The molecule has 1 heterocycles. The Morgan fingerprint density at radius 2 is 2.06 bits per heavy atom. The molecule has 0 aliphatic carbocycles. The number of carbonyl (C=O) groups excluding carboxylic acids is 2. The number of nitrogens with zero attached hydrogens (tertiary/aromatic N) is 2. The molecule has 0 aliphatic rings. The van der Waals surface area contributed by atoms with Crippen LogP contribution in [0.1, 0.15) is 38.1 Å². The van der Waals surface area contributed by atoms with Gasteiger partial charge in [-0.15, -0.1) is 5.10 Å². The lowest BCUT2D eigenvalue weighted by molar-refractivity contribution is 0.0514. The first-order valence-corrected chi connectivity index (χ1v) is 5.50. The Bertz CT molecular complexity index is 459. The van der Waals surface area contributed by atoms with Crippen molar-refractivity contribution in [2.24, 2.45) is 0 Å². The van der Waals surface area contributed by atoms with E-state index in [1.807, 2.05) is 0 Å². The zero-order chi connectivity index (χ0) is 13.9. The fourth-order valence-electron chi connectivity index (χ4n) is 1.16. The lowest BCUT2D eigenvalue weighted by Crippen LogP contribution is -2.27. The third-order valence-electron chi connectivity index (χ3n) is 1.82. The molecule has 1 aromatic heterocycles. The van der Waals surface area contributed by atoms with Crippen LogP contribution in [0.5, 0.6) is 0 Å².